The minimum atomic E-state index is -2.87. The van der Waals surface area contributed by atoms with E-state index in [0.717, 1.165) is 25.1 Å². The largest absolute Gasteiger partial charge is 0.434 e. The van der Waals surface area contributed by atoms with Gasteiger partial charge in [-0.15, -0.1) is 0 Å². The molecule has 0 aliphatic carbocycles. The molecule has 8 heteroatoms. The molecule has 23 heavy (non-hydrogen) atoms. The summed E-state index contributed by atoms with van der Waals surface area (Å²) < 4.78 is 29.3. The van der Waals surface area contributed by atoms with Crippen molar-refractivity contribution in [3.63, 3.8) is 0 Å². The highest BCUT2D eigenvalue weighted by atomic mass is 35.5. The summed E-state index contributed by atoms with van der Waals surface area (Å²) in [7, 11) is 1.66. The number of nitrogens with zero attached hydrogens (tertiary/aromatic N) is 1. The molecule has 0 amide bonds. The van der Waals surface area contributed by atoms with Gasteiger partial charge >= 0.3 is 6.61 Å². The van der Waals surface area contributed by atoms with Crippen LogP contribution in [0.4, 0.5) is 8.78 Å². The number of thioether (sulfide) groups is 1. The average molecular weight is 366 g/mol. The molecule has 0 unspecified atom stereocenters. The predicted octanol–water partition coefficient (Wildman–Crippen LogP) is 3.75. The lowest BCUT2D eigenvalue weighted by atomic mass is 10.2. The van der Waals surface area contributed by atoms with Gasteiger partial charge in [-0.25, -0.2) is 0 Å². The van der Waals surface area contributed by atoms with E-state index < -0.39 is 6.61 Å². The first-order valence-corrected chi connectivity index (χ1v) is 9.00. The summed E-state index contributed by atoms with van der Waals surface area (Å²) >= 11 is 7.74. The number of alkyl halides is 2. The molecule has 1 aromatic carbocycles. The Kier molecular flexibility index (Phi) is 9.78. The molecule has 130 valence electrons. The first-order valence-electron chi connectivity index (χ1n) is 7.23. The molecule has 0 atom stereocenters. The Labute approximate surface area is 145 Å². The number of halogens is 3. The second-order valence-electron chi connectivity index (χ2n) is 4.68. The van der Waals surface area contributed by atoms with Crippen LogP contribution in [0, 0.1) is 0 Å². The van der Waals surface area contributed by atoms with Crippen molar-refractivity contribution in [2.45, 2.75) is 26.0 Å². The monoisotopic (exact) mass is 365 g/mol. The maximum Gasteiger partial charge on any atom is 0.387 e. The molecule has 4 nitrogen and oxygen atoms in total. The van der Waals surface area contributed by atoms with Gasteiger partial charge in [0.15, 0.2) is 5.96 Å². The molecule has 0 aliphatic heterocycles. The maximum absolute atomic E-state index is 12.4. The molecule has 0 heterocycles. The fourth-order valence-corrected chi connectivity index (χ4v) is 2.56. The van der Waals surface area contributed by atoms with Crippen molar-refractivity contribution < 1.29 is 13.5 Å². The number of hydrogen-bond donors (Lipinski definition) is 2. The summed E-state index contributed by atoms with van der Waals surface area (Å²) in [4.78, 5) is 4.10. The second kappa shape index (κ2) is 11.3. The third kappa shape index (κ3) is 8.27. The van der Waals surface area contributed by atoms with Crippen molar-refractivity contribution in [1.29, 1.82) is 0 Å². The Morgan fingerprint density at radius 1 is 1.35 bits per heavy atom. The first-order chi connectivity index (χ1) is 11.1. The van der Waals surface area contributed by atoms with E-state index in [-0.39, 0.29) is 12.3 Å². The Bertz CT molecular complexity index is 504. The van der Waals surface area contributed by atoms with Crippen LogP contribution in [0.1, 0.15) is 18.4 Å². The van der Waals surface area contributed by atoms with Crippen LogP contribution in [0.2, 0.25) is 5.02 Å². The third-order valence-electron chi connectivity index (χ3n) is 2.98. The highest BCUT2D eigenvalue weighted by Gasteiger charge is 2.10. The first kappa shape index (κ1) is 19.8. The third-order valence-corrected chi connectivity index (χ3v) is 3.91. The van der Waals surface area contributed by atoms with E-state index in [1.807, 2.05) is 11.8 Å². The quantitative estimate of drug-likeness (QED) is 0.397. The van der Waals surface area contributed by atoms with Crippen molar-refractivity contribution in [3.05, 3.63) is 28.8 Å². The number of aliphatic imine (C=N–C) groups is 1. The number of benzene rings is 1. The molecule has 1 aromatic rings. The van der Waals surface area contributed by atoms with Crippen LogP contribution in [-0.2, 0) is 6.54 Å². The molecule has 0 saturated heterocycles. The van der Waals surface area contributed by atoms with Gasteiger partial charge in [0, 0.05) is 30.7 Å². The number of ether oxygens (including phenoxy) is 1. The highest BCUT2D eigenvalue weighted by molar-refractivity contribution is 7.98. The summed E-state index contributed by atoms with van der Waals surface area (Å²) in [6.07, 6.45) is 4.25. The van der Waals surface area contributed by atoms with E-state index in [0.29, 0.717) is 16.5 Å². The van der Waals surface area contributed by atoms with Crippen LogP contribution in [0.5, 0.6) is 5.75 Å². The molecule has 1 rings (SSSR count). The lowest BCUT2D eigenvalue weighted by Gasteiger charge is -2.15. The van der Waals surface area contributed by atoms with Gasteiger partial charge in [-0.2, -0.15) is 20.5 Å². The van der Waals surface area contributed by atoms with Crippen LogP contribution >= 0.6 is 23.4 Å². The Morgan fingerprint density at radius 2 is 2.13 bits per heavy atom. The van der Waals surface area contributed by atoms with Crippen LogP contribution in [0.3, 0.4) is 0 Å². The minimum Gasteiger partial charge on any atom is -0.434 e. The summed E-state index contributed by atoms with van der Waals surface area (Å²) in [5, 5.41) is 6.71. The zero-order valence-electron chi connectivity index (χ0n) is 13.2. The van der Waals surface area contributed by atoms with E-state index in [9.17, 15) is 8.78 Å². The van der Waals surface area contributed by atoms with Crippen molar-refractivity contribution >= 4 is 29.3 Å². The van der Waals surface area contributed by atoms with Gasteiger partial charge in [-0.05, 0) is 43.0 Å². The van der Waals surface area contributed by atoms with Crippen molar-refractivity contribution in [1.82, 2.24) is 10.6 Å². The number of unbranched alkanes of at least 4 members (excludes halogenated alkanes) is 1. The summed E-state index contributed by atoms with van der Waals surface area (Å²) in [5.41, 5.74) is 0.545. The van der Waals surface area contributed by atoms with Gasteiger partial charge in [0.25, 0.3) is 0 Å². The van der Waals surface area contributed by atoms with E-state index in [4.69, 9.17) is 11.6 Å². The van der Waals surface area contributed by atoms with E-state index >= 15 is 0 Å². The van der Waals surface area contributed by atoms with Gasteiger partial charge in [0.05, 0.1) is 0 Å². The van der Waals surface area contributed by atoms with Gasteiger partial charge < -0.3 is 15.4 Å². The van der Waals surface area contributed by atoms with E-state index in [2.05, 4.69) is 26.6 Å². The smallest absolute Gasteiger partial charge is 0.387 e. The molecule has 0 aromatic heterocycles. The Balaban J connectivity index is 2.53. The van der Waals surface area contributed by atoms with Gasteiger partial charge in [-0.3, -0.25) is 4.99 Å². The van der Waals surface area contributed by atoms with Gasteiger partial charge in [0.1, 0.15) is 5.75 Å². The molecular formula is C15H22ClF2N3OS. The lowest BCUT2D eigenvalue weighted by Crippen LogP contribution is -2.37. The second-order valence-corrected chi connectivity index (χ2v) is 6.11. The molecule has 0 bridgehead atoms. The van der Waals surface area contributed by atoms with E-state index in [1.54, 1.807) is 13.1 Å². The maximum atomic E-state index is 12.4. The fraction of sp³-hybridized carbons (Fsp3) is 0.533. The van der Waals surface area contributed by atoms with Crippen LogP contribution < -0.4 is 15.4 Å². The summed E-state index contributed by atoms with van der Waals surface area (Å²) in [6, 6.07) is 4.55. The normalized spacial score (nSPS) is 11.7. The van der Waals surface area contributed by atoms with Crippen molar-refractivity contribution in [3.8, 4) is 5.75 Å². The van der Waals surface area contributed by atoms with Crippen molar-refractivity contribution in [2.24, 2.45) is 4.99 Å². The molecule has 0 spiro atoms. The number of rotatable bonds is 9. The van der Waals surface area contributed by atoms with Crippen LogP contribution in [0.15, 0.2) is 23.2 Å². The highest BCUT2D eigenvalue weighted by Crippen LogP contribution is 2.24. The van der Waals surface area contributed by atoms with Gasteiger partial charge in [-0.1, -0.05) is 11.6 Å². The molecular weight excluding hydrogens is 344 g/mol. The SMILES string of the molecule is CN=C(NCCCCSC)NCc1cc(Cl)ccc1OC(F)F. The zero-order chi connectivity index (χ0) is 17.1. The Morgan fingerprint density at radius 3 is 2.78 bits per heavy atom. The fourth-order valence-electron chi connectivity index (χ4n) is 1.87. The van der Waals surface area contributed by atoms with Crippen molar-refractivity contribution in [2.75, 3.05) is 25.6 Å². The Hall–Kier alpha value is -1.21. The minimum absolute atomic E-state index is 0.104. The molecule has 0 saturated carbocycles. The van der Waals surface area contributed by atoms with Crippen LogP contribution in [-0.4, -0.2) is 38.2 Å². The van der Waals surface area contributed by atoms with E-state index in [1.165, 1.54) is 12.1 Å². The predicted molar refractivity (Wildman–Crippen MR) is 93.9 cm³/mol. The molecule has 2 N–H and O–H groups in total. The summed E-state index contributed by atoms with van der Waals surface area (Å²) in [5.74, 6) is 1.84. The molecule has 0 aliphatic rings. The van der Waals surface area contributed by atoms with Crippen LogP contribution in [0.25, 0.3) is 0 Å². The summed E-state index contributed by atoms with van der Waals surface area (Å²) in [6.45, 7) is -1.78. The number of nitrogens with one attached hydrogen (secondary N) is 2. The molecule has 0 radical (unpaired) electrons. The standard InChI is InChI=1S/C15H22ClF2N3OS/c1-19-15(20-7-3-4-8-23-2)21-10-11-9-12(16)5-6-13(11)22-14(17)18/h5-6,9,14H,3-4,7-8,10H2,1-2H3,(H2,19,20,21). The zero-order valence-corrected chi connectivity index (χ0v) is 14.8. The lowest BCUT2D eigenvalue weighted by molar-refractivity contribution is -0.0504. The topological polar surface area (TPSA) is 45.7 Å². The number of hydrogen-bond acceptors (Lipinski definition) is 3. The molecule has 0 fully saturated rings. The number of guanidine groups is 1. The van der Waals surface area contributed by atoms with Gasteiger partial charge in [0.2, 0.25) is 0 Å². The average Bonchev–Trinajstić information content (AvgIpc) is 2.52.